The third-order valence-electron chi connectivity index (χ3n) is 0. The summed E-state index contributed by atoms with van der Waals surface area (Å²) in [7, 11) is 1.50. The Morgan fingerprint density at radius 3 is 1.50 bits per heavy atom. The van der Waals surface area contributed by atoms with Gasteiger partial charge in [-0.2, -0.15) is 17.9 Å². The van der Waals surface area contributed by atoms with Crippen LogP contribution in [0.25, 0.3) is 0 Å². The fourth-order valence-electron chi connectivity index (χ4n) is 0. The normalized spacial score (nSPS) is 4.14. The molecule has 0 rings (SSSR count). The number of carboxylic acids is 1. The van der Waals surface area contributed by atoms with Crippen LogP contribution in [0.4, 0.5) is 0 Å². The Hall–Kier alpha value is -1.06. The molecule has 0 saturated carbocycles. The van der Waals surface area contributed by atoms with Gasteiger partial charge in [0.05, 0.1) is 6.07 Å². The van der Waals surface area contributed by atoms with E-state index >= 15 is 0 Å². The number of carbonyl (C=O) groups is 2. The van der Waals surface area contributed by atoms with E-state index in [9.17, 15) is 0 Å². The van der Waals surface area contributed by atoms with Crippen LogP contribution in [0, 0.1) is 11.3 Å². The van der Waals surface area contributed by atoms with Crippen molar-refractivity contribution in [1.82, 2.24) is 0 Å². The van der Waals surface area contributed by atoms with Gasteiger partial charge in [0.15, 0.2) is 0 Å². The molecule has 0 heterocycles. The van der Waals surface area contributed by atoms with E-state index in [1.165, 1.54) is 20.9 Å². The van der Waals surface area contributed by atoms with Gasteiger partial charge in [-0.1, -0.05) is 0 Å². The topological polar surface area (TPSA) is 104 Å². The summed E-state index contributed by atoms with van der Waals surface area (Å²) in [5, 5.41) is 14.7. The van der Waals surface area contributed by atoms with Gasteiger partial charge in [-0.05, 0) is 20.2 Å². The fraction of sp³-hybridized carbons (Fsp3) is 0.625. The van der Waals surface area contributed by atoms with Crippen molar-refractivity contribution in [3.8, 4) is 6.07 Å². The standard InChI is InChI=1S/C2H3N.C2H4O2.C2H4O.CH5N.CH4S/c1-2-3;1-2(3)4;1-2-3;2*1-2/h1H3;1H3,(H,3,4);2H,1H3;2H2,1H3;2H,1H3. The molecule has 5 nitrogen and oxygen atoms in total. The molecule has 0 bridgehead atoms. The number of nitriles is 1. The summed E-state index contributed by atoms with van der Waals surface area (Å²) >= 11 is 3.53. The zero-order chi connectivity index (χ0) is 13.0. The number of carboxylic acid groups (broad SMARTS) is 1. The van der Waals surface area contributed by atoms with Crippen molar-refractivity contribution in [1.29, 1.82) is 5.26 Å². The second kappa shape index (κ2) is 92.1. The summed E-state index contributed by atoms with van der Waals surface area (Å²) in [5.74, 6) is -0.833. The van der Waals surface area contributed by atoms with Crippen molar-refractivity contribution in [2.24, 2.45) is 5.73 Å². The average molecular weight is 224 g/mol. The molecule has 0 saturated heterocycles. The highest BCUT2D eigenvalue weighted by atomic mass is 32.1. The molecular weight excluding hydrogens is 204 g/mol. The SMILES string of the molecule is CC#N.CC(=O)O.CC=O.CN.CS. The maximum Gasteiger partial charge on any atom is 0.300 e. The Morgan fingerprint density at radius 2 is 1.50 bits per heavy atom. The number of aliphatic carboxylic acids is 1. The van der Waals surface area contributed by atoms with Crippen molar-refractivity contribution < 1.29 is 14.7 Å². The van der Waals surface area contributed by atoms with Crippen LogP contribution in [0.2, 0.25) is 0 Å². The van der Waals surface area contributed by atoms with E-state index in [0.29, 0.717) is 0 Å². The fourth-order valence-corrected chi connectivity index (χ4v) is 0. The third kappa shape index (κ3) is 962. The molecule has 0 aromatic rings. The minimum Gasteiger partial charge on any atom is -0.481 e. The minimum absolute atomic E-state index is 0.750. The Kier molecular flexibility index (Phi) is 192. The molecule has 0 amide bonds. The number of hydrogen-bond donors (Lipinski definition) is 3. The number of nitrogens with zero attached hydrogens (tertiary/aromatic N) is 1. The summed E-state index contributed by atoms with van der Waals surface area (Å²) in [6.07, 6.45) is 2.44. The molecule has 0 fully saturated rings. The lowest BCUT2D eigenvalue weighted by atomic mass is 10.9. The Balaban J connectivity index is -0.0000000249. The van der Waals surface area contributed by atoms with Crippen molar-refractivity contribution in [3.63, 3.8) is 0 Å². The first-order valence-electron chi connectivity index (χ1n) is 3.49. The largest absolute Gasteiger partial charge is 0.481 e. The predicted molar refractivity (Wildman–Crippen MR) is 61.4 cm³/mol. The summed E-state index contributed by atoms with van der Waals surface area (Å²) in [6, 6.07) is 1.75. The third-order valence-corrected chi connectivity index (χ3v) is 0. The van der Waals surface area contributed by atoms with Crippen LogP contribution in [0.15, 0.2) is 0 Å². The van der Waals surface area contributed by atoms with Crippen molar-refractivity contribution in [3.05, 3.63) is 0 Å². The first kappa shape index (κ1) is 29.3. The first-order chi connectivity index (χ1) is 6.56. The Bertz CT molecular complexity index is 120. The van der Waals surface area contributed by atoms with Crippen LogP contribution in [-0.4, -0.2) is 30.7 Å². The Labute approximate surface area is 91.3 Å². The zero-order valence-corrected chi connectivity index (χ0v) is 10.2. The molecule has 86 valence electrons. The lowest BCUT2D eigenvalue weighted by Crippen LogP contribution is -1.78. The number of nitrogens with two attached hydrogens (primary N) is 1. The second-order valence-electron chi connectivity index (χ2n) is 0.978. The van der Waals surface area contributed by atoms with Crippen LogP contribution < -0.4 is 5.73 Å². The summed E-state index contributed by atoms with van der Waals surface area (Å²) in [6.45, 7) is 3.96. The lowest BCUT2D eigenvalue weighted by Gasteiger charge is -1.59. The molecule has 14 heavy (non-hydrogen) atoms. The predicted octanol–water partition coefficient (Wildman–Crippen LogP) is 0.947. The summed E-state index contributed by atoms with van der Waals surface area (Å²) < 4.78 is 0. The van der Waals surface area contributed by atoms with Crippen molar-refractivity contribution in [2.75, 3.05) is 13.3 Å². The highest BCUT2D eigenvalue weighted by molar-refractivity contribution is 7.79. The van der Waals surface area contributed by atoms with Crippen LogP contribution >= 0.6 is 12.6 Å². The van der Waals surface area contributed by atoms with Gasteiger partial charge in [0.1, 0.15) is 6.29 Å². The summed E-state index contributed by atoms with van der Waals surface area (Å²) in [4.78, 5) is 17.8. The van der Waals surface area contributed by atoms with Crippen LogP contribution in [0.1, 0.15) is 20.8 Å². The first-order valence-corrected chi connectivity index (χ1v) is 4.38. The Morgan fingerprint density at radius 1 is 1.50 bits per heavy atom. The van der Waals surface area contributed by atoms with E-state index in [4.69, 9.17) is 20.0 Å². The van der Waals surface area contributed by atoms with Crippen LogP contribution in [0.3, 0.4) is 0 Å². The van der Waals surface area contributed by atoms with E-state index in [2.05, 4.69) is 18.4 Å². The highest BCUT2D eigenvalue weighted by Crippen LogP contribution is 1.42. The smallest absolute Gasteiger partial charge is 0.300 e. The average Bonchev–Trinajstić information content (AvgIpc) is 2.12. The van der Waals surface area contributed by atoms with E-state index in [-0.39, 0.29) is 0 Å². The highest BCUT2D eigenvalue weighted by Gasteiger charge is 1.65. The van der Waals surface area contributed by atoms with Crippen LogP contribution in [-0.2, 0) is 9.59 Å². The number of aldehydes is 1. The molecule has 0 aromatic carbocycles. The van der Waals surface area contributed by atoms with Gasteiger partial charge >= 0.3 is 0 Å². The van der Waals surface area contributed by atoms with E-state index < -0.39 is 5.97 Å². The van der Waals surface area contributed by atoms with E-state index in [0.717, 1.165) is 13.2 Å². The molecule has 0 atom stereocenters. The molecule has 0 spiro atoms. The van der Waals surface area contributed by atoms with Gasteiger partial charge < -0.3 is 15.6 Å². The molecule has 0 aliphatic carbocycles. The summed E-state index contributed by atoms with van der Waals surface area (Å²) in [5.41, 5.74) is 4.50. The number of rotatable bonds is 0. The second-order valence-corrected chi connectivity index (χ2v) is 0.978. The molecule has 0 unspecified atom stereocenters. The molecule has 0 aliphatic heterocycles. The molecule has 3 N–H and O–H groups in total. The van der Waals surface area contributed by atoms with Gasteiger partial charge in [0.2, 0.25) is 0 Å². The molecule has 0 aliphatic rings. The monoisotopic (exact) mass is 224 g/mol. The maximum absolute atomic E-state index is 9.00. The minimum atomic E-state index is -0.833. The van der Waals surface area contributed by atoms with Gasteiger partial charge in [-0.25, -0.2) is 0 Å². The zero-order valence-electron chi connectivity index (χ0n) is 9.31. The van der Waals surface area contributed by atoms with Gasteiger partial charge in [0, 0.05) is 13.8 Å². The van der Waals surface area contributed by atoms with E-state index in [1.807, 2.05) is 0 Å². The molecule has 6 heteroatoms. The number of carbonyl (C=O) groups excluding carboxylic acids is 1. The number of thiol groups is 1. The van der Waals surface area contributed by atoms with Crippen molar-refractivity contribution in [2.45, 2.75) is 20.8 Å². The molecule has 0 aromatic heterocycles. The van der Waals surface area contributed by atoms with Gasteiger partial charge in [-0.15, -0.1) is 0 Å². The molecular formula is C8H20N2O3S. The quantitative estimate of drug-likeness (QED) is 0.419. The van der Waals surface area contributed by atoms with E-state index in [1.54, 1.807) is 12.3 Å². The van der Waals surface area contributed by atoms with Crippen LogP contribution in [0.5, 0.6) is 0 Å². The van der Waals surface area contributed by atoms with Gasteiger partial charge in [0.25, 0.3) is 5.97 Å². The van der Waals surface area contributed by atoms with Crippen molar-refractivity contribution >= 4 is 24.9 Å². The number of hydrogen-bond acceptors (Lipinski definition) is 5. The lowest BCUT2D eigenvalue weighted by molar-refractivity contribution is -0.134. The molecule has 0 radical (unpaired) electrons. The maximum atomic E-state index is 9.00. The van der Waals surface area contributed by atoms with Gasteiger partial charge in [-0.3, -0.25) is 4.79 Å².